The molecule has 1 aliphatic carbocycles. The number of rotatable bonds is 3. The van der Waals surface area contributed by atoms with Gasteiger partial charge in [-0.1, -0.05) is 0 Å². The minimum absolute atomic E-state index is 0.223. The molecule has 1 N–H and O–H groups in total. The molecule has 1 heterocycles. The fraction of sp³-hybridized carbons (Fsp3) is 0.900. The zero-order chi connectivity index (χ0) is 9.42. The lowest BCUT2D eigenvalue weighted by Gasteiger charge is -2.19. The Balaban J connectivity index is 1.81. The molecule has 3 heteroatoms. The summed E-state index contributed by atoms with van der Waals surface area (Å²) in [5.74, 6) is 2.76. The van der Waals surface area contributed by atoms with Crippen LogP contribution in [0.5, 0.6) is 0 Å². The lowest BCUT2D eigenvalue weighted by Crippen LogP contribution is -2.32. The van der Waals surface area contributed by atoms with E-state index in [1.165, 1.54) is 13.1 Å². The van der Waals surface area contributed by atoms with Crippen molar-refractivity contribution in [2.75, 3.05) is 26.2 Å². The number of nitrogens with one attached hydrogen (secondary N) is 1. The highest BCUT2D eigenvalue weighted by molar-refractivity contribution is 5.73. The van der Waals surface area contributed by atoms with Crippen LogP contribution in [-0.2, 0) is 4.79 Å². The van der Waals surface area contributed by atoms with Crippen molar-refractivity contribution in [1.82, 2.24) is 10.2 Å². The highest BCUT2D eigenvalue weighted by Crippen LogP contribution is 2.48. The second-order valence-corrected chi connectivity index (χ2v) is 4.21. The van der Waals surface area contributed by atoms with Gasteiger partial charge in [0.1, 0.15) is 0 Å². The number of nitrogens with zero attached hydrogens (tertiary/aromatic N) is 1. The van der Waals surface area contributed by atoms with Gasteiger partial charge in [-0.05, 0) is 37.8 Å². The highest BCUT2D eigenvalue weighted by Gasteiger charge is 2.52. The van der Waals surface area contributed by atoms with E-state index in [0.29, 0.717) is 0 Å². The van der Waals surface area contributed by atoms with Gasteiger partial charge in [-0.15, -0.1) is 0 Å². The summed E-state index contributed by atoms with van der Waals surface area (Å²) in [5, 5.41) is 3.37. The Morgan fingerprint density at radius 2 is 2.08 bits per heavy atom. The van der Waals surface area contributed by atoms with Crippen LogP contribution in [0.25, 0.3) is 0 Å². The monoisotopic (exact) mass is 182 g/mol. The van der Waals surface area contributed by atoms with Gasteiger partial charge in [0.15, 0.2) is 0 Å². The van der Waals surface area contributed by atoms with Gasteiger partial charge in [0.2, 0.25) is 5.91 Å². The second-order valence-electron chi connectivity index (χ2n) is 4.21. The Bertz CT molecular complexity index is 207. The molecule has 13 heavy (non-hydrogen) atoms. The van der Waals surface area contributed by atoms with Crippen LogP contribution in [0.3, 0.4) is 0 Å². The molecular weight excluding hydrogens is 164 g/mol. The molecule has 2 unspecified atom stereocenters. The van der Waals surface area contributed by atoms with Crippen LogP contribution in [0.4, 0.5) is 0 Å². The molecule has 0 aromatic heterocycles. The zero-order valence-corrected chi connectivity index (χ0v) is 8.42. The molecule has 1 saturated carbocycles. The van der Waals surface area contributed by atoms with E-state index < -0.39 is 0 Å². The third kappa shape index (κ3) is 1.57. The number of piperidine rings is 1. The van der Waals surface area contributed by atoms with Crippen LogP contribution in [0, 0.1) is 17.8 Å². The topological polar surface area (TPSA) is 32.3 Å². The van der Waals surface area contributed by atoms with Gasteiger partial charge in [0.05, 0.1) is 0 Å². The van der Waals surface area contributed by atoms with Gasteiger partial charge in [0, 0.05) is 20.0 Å². The maximum absolute atomic E-state index is 11.2. The summed E-state index contributed by atoms with van der Waals surface area (Å²) in [6.45, 7) is 7.91. The molecular formula is C10H18N2O. The van der Waals surface area contributed by atoms with Gasteiger partial charge in [-0.25, -0.2) is 0 Å². The molecule has 0 spiro atoms. The van der Waals surface area contributed by atoms with Crippen LogP contribution in [0.15, 0.2) is 0 Å². The average Bonchev–Trinajstić information content (AvgIpc) is 2.58. The number of hydrogen-bond donors (Lipinski definition) is 1. The summed E-state index contributed by atoms with van der Waals surface area (Å²) in [7, 11) is 0. The van der Waals surface area contributed by atoms with Crippen LogP contribution in [-0.4, -0.2) is 37.0 Å². The summed E-state index contributed by atoms with van der Waals surface area (Å²) >= 11 is 0. The SMILES string of the molecule is CCN(CC1C2CNCC21)C(C)=O. The molecule has 3 nitrogen and oxygen atoms in total. The molecule has 2 rings (SSSR count). The maximum Gasteiger partial charge on any atom is 0.219 e. The Kier molecular flexibility index (Phi) is 2.28. The van der Waals surface area contributed by atoms with Crippen molar-refractivity contribution in [3.63, 3.8) is 0 Å². The Morgan fingerprint density at radius 3 is 2.54 bits per heavy atom. The number of fused-ring (bicyclic) bond motifs is 1. The average molecular weight is 182 g/mol. The summed E-state index contributed by atoms with van der Waals surface area (Å²) in [4.78, 5) is 13.1. The third-order valence-electron chi connectivity index (χ3n) is 3.53. The standard InChI is InChI=1S/C10H18N2O/c1-3-12(7(2)13)6-10-8-4-11-5-9(8)10/h8-11H,3-6H2,1-2H3. The zero-order valence-electron chi connectivity index (χ0n) is 8.42. The first-order chi connectivity index (χ1) is 6.24. The van der Waals surface area contributed by atoms with Gasteiger partial charge in [-0.3, -0.25) is 4.79 Å². The van der Waals surface area contributed by atoms with Crippen molar-refractivity contribution in [2.24, 2.45) is 17.8 Å². The maximum atomic E-state index is 11.2. The smallest absolute Gasteiger partial charge is 0.219 e. The molecule has 0 aromatic carbocycles. The lowest BCUT2D eigenvalue weighted by atomic mass is 10.2. The Labute approximate surface area is 79.5 Å². The van der Waals surface area contributed by atoms with E-state index in [2.05, 4.69) is 12.2 Å². The second kappa shape index (κ2) is 3.29. The Hall–Kier alpha value is -0.570. The van der Waals surface area contributed by atoms with Crippen molar-refractivity contribution >= 4 is 5.91 Å². The van der Waals surface area contributed by atoms with E-state index in [4.69, 9.17) is 0 Å². The molecule has 0 bridgehead atoms. The van der Waals surface area contributed by atoms with E-state index in [9.17, 15) is 4.79 Å². The van der Waals surface area contributed by atoms with E-state index in [-0.39, 0.29) is 5.91 Å². The number of carbonyl (C=O) groups excluding carboxylic acids is 1. The van der Waals surface area contributed by atoms with Crippen molar-refractivity contribution in [3.05, 3.63) is 0 Å². The van der Waals surface area contributed by atoms with Gasteiger partial charge < -0.3 is 10.2 Å². The van der Waals surface area contributed by atoms with Crippen LogP contribution >= 0.6 is 0 Å². The summed E-state index contributed by atoms with van der Waals surface area (Å²) in [6, 6.07) is 0. The predicted molar refractivity (Wildman–Crippen MR) is 51.3 cm³/mol. The van der Waals surface area contributed by atoms with Gasteiger partial charge >= 0.3 is 0 Å². The van der Waals surface area contributed by atoms with Crippen molar-refractivity contribution < 1.29 is 4.79 Å². The number of amides is 1. The minimum atomic E-state index is 0.223. The van der Waals surface area contributed by atoms with Crippen molar-refractivity contribution in [1.29, 1.82) is 0 Å². The van der Waals surface area contributed by atoms with Crippen LogP contribution in [0.2, 0.25) is 0 Å². The van der Waals surface area contributed by atoms with Gasteiger partial charge in [-0.2, -0.15) is 0 Å². The van der Waals surface area contributed by atoms with Crippen molar-refractivity contribution in [3.8, 4) is 0 Å². The minimum Gasteiger partial charge on any atom is -0.343 e. The molecule has 0 radical (unpaired) electrons. The number of hydrogen-bond acceptors (Lipinski definition) is 2. The molecule has 2 fully saturated rings. The first-order valence-corrected chi connectivity index (χ1v) is 5.20. The van der Waals surface area contributed by atoms with E-state index in [1.807, 2.05) is 4.90 Å². The molecule has 1 amide bonds. The summed E-state index contributed by atoms with van der Waals surface area (Å²) in [5.41, 5.74) is 0. The largest absolute Gasteiger partial charge is 0.343 e. The summed E-state index contributed by atoms with van der Waals surface area (Å²) in [6.07, 6.45) is 0. The van der Waals surface area contributed by atoms with E-state index in [1.54, 1.807) is 6.92 Å². The molecule has 1 aliphatic heterocycles. The Morgan fingerprint density at radius 1 is 1.46 bits per heavy atom. The molecule has 74 valence electrons. The van der Waals surface area contributed by atoms with E-state index >= 15 is 0 Å². The van der Waals surface area contributed by atoms with Gasteiger partial charge in [0.25, 0.3) is 0 Å². The predicted octanol–water partition coefficient (Wildman–Crippen LogP) is 0.320. The van der Waals surface area contributed by atoms with E-state index in [0.717, 1.165) is 30.8 Å². The van der Waals surface area contributed by atoms with Crippen LogP contribution < -0.4 is 5.32 Å². The molecule has 1 saturated heterocycles. The molecule has 2 atom stereocenters. The lowest BCUT2D eigenvalue weighted by molar-refractivity contribution is -0.128. The first-order valence-electron chi connectivity index (χ1n) is 5.20. The van der Waals surface area contributed by atoms with Crippen molar-refractivity contribution in [2.45, 2.75) is 13.8 Å². The quantitative estimate of drug-likeness (QED) is 0.682. The number of carbonyl (C=O) groups is 1. The fourth-order valence-electron chi connectivity index (χ4n) is 2.55. The normalized spacial score (nSPS) is 35.7. The summed E-state index contributed by atoms with van der Waals surface area (Å²) < 4.78 is 0. The highest BCUT2D eigenvalue weighted by atomic mass is 16.2. The van der Waals surface area contributed by atoms with Crippen LogP contribution in [0.1, 0.15) is 13.8 Å². The third-order valence-corrected chi connectivity index (χ3v) is 3.53. The molecule has 0 aromatic rings. The fourth-order valence-corrected chi connectivity index (χ4v) is 2.55. The first kappa shape index (κ1) is 9.00. The molecule has 2 aliphatic rings.